The van der Waals surface area contributed by atoms with E-state index in [1.165, 1.54) is 7.11 Å². The number of aryl methyl sites for hydroxylation is 1. The number of carbonyl (C=O) groups is 2. The van der Waals surface area contributed by atoms with Crippen molar-refractivity contribution >= 4 is 27.8 Å². The number of hydrogen-bond acceptors (Lipinski definition) is 5. The first-order chi connectivity index (χ1) is 13.8. The summed E-state index contributed by atoms with van der Waals surface area (Å²) in [5.74, 6) is -1.26. The maximum absolute atomic E-state index is 12.7. The lowest BCUT2D eigenvalue weighted by atomic mass is 10.1. The third kappa shape index (κ3) is 4.29. The molecule has 9 heteroatoms. The molecule has 0 saturated heterocycles. The SMILES string of the molecule is COc1ccc(C(NC(=O)c2nnn(-c3cccc(C)c3)c2C)C(=O)O)cc1Br. The van der Waals surface area contributed by atoms with Gasteiger partial charge in [0.15, 0.2) is 11.7 Å². The normalized spacial score (nSPS) is 11.7. The number of ether oxygens (including phenoxy) is 1. The average Bonchev–Trinajstić information content (AvgIpc) is 3.07. The molecule has 29 heavy (non-hydrogen) atoms. The lowest BCUT2D eigenvalue weighted by molar-refractivity contribution is -0.139. The Bertz CT molecular complexity index is 1080. The van der Waals surface area contributed by atoms with Crippen LogP contribution in [0.1, 0.15) is 33.4 Å². The van der Waals surface area contributed by atoms with Crippen LogP contribution in [0.4, 0.5) is 0 Å². The monoisotopic (exact) mass is 458 g/mol. The zero-order chi connectivity index (χ0) is 21.1. The number of hydrogen-bond donors (Lipinski definition) is 2. The molecule has 3 aromatic rings. The molecule has 1 heterocycles. The molecule has 0 radical (unpaired) electrons. The van der Waals surface area contributed by atoms with Crippen molar-refractivity contribution in [2.45, 2.75) is 19.9 Å². The van der Waals surface area contributed by atoms with E-state index in [0.717, 1.165) is 11.3 Å². The Morgan fingerprint density at radius 2 is 1.97 bits per heavy atom. The number of carboxylic acids is 1. The Hall–Kier alpha value is -3.20. The van der Waals surface area contributed by atoms with E-state index < -0.39 is 17.9 Å². The molecule has 1 aromatic heterocycles. The van der Waals surface area contributed by atoms with Crippen molar-refractivity contribution in [3.8, 4) is 11.4 Å². The predicted octanol–water partition coefficient (Wildman–Crippen LogP) is 3.21. The second-order valence-corrected chi connectivity index (χ2v) is 7.27. The molecule has 0 spiro atoms. The highest BCUT2D eigenvalue weighted by Crippen LogP contribution is 2.28. The van der Waals surface area contributed by atoms with Gasteiger partial charge in [0.25, 0.3) is 5.91 Å². The zero-order valence-electron chi connectivity index (χ0n) is 16.0. The van der Waals surface area contributed by atoms with Crippen LogP contribution in [-0.2, 0) is 4.79 Å². The highest BCUT2D eigenvalue weighted by atomic mass is 79.9. The van der Waals surface area contributed by atoms with Crippen molar-refractivity contribution in [2.75, 3.05) is 7.11 Å². The number of methoxy groups -OCH3 is 1. The van der Waals surface area contributed by atoms with Crippen LogP contribution in [0.25, 0.3) is 5.69 Å². The van der Waals surface area contributed by atoms with Gasteiger partial charge in [-0.3, -0.25) is 4.79 Å². The van der Waals surface area contributed by atoms with Crippen LogP contribution in [0, 0.1) is 13.8 Å². The molecule has 1 amide bonds. The molecular weight excluding hydrogens is 440 g/mol. The third-order valence-electron chi connectivity index (χ3n) is 4.39. The number of nitrogens with one attached hydrogen (secondary N) is 1. The van der Waals surface area contributed by atoms with Crippen molar-refractivity contribution < 1.29 is 19.4 Å². The second kappa shape index (κ2) is 8.44. The van der Waals surface area contributed by atoms with Crippen molar-refractivity contribution in [1.29, 1.82) is 0 Å². The van der Waals surface area contributed by atoms with Gasteiger partial charge in [-0.2, -0.15) is 0 Å². The second-order valence-electron chi connectivity index (χ2n) is 6.41. The molecule has 2 aromatic carbocycles. The summed E-state index contributed by atoms with van der Waals surface area (Å²) in [5.41, 5.74) is 2.77. The smallest absolute Gasteiger partial charge is 0.330 e. The molecule has 3 rings (SSSR count). The van der Waals surface area contributed by atoms with E-state index in [4.69, 9.17) is 4.74 Å². The number of rotatable bonds is 6. The zero-order valence-corrected chi connectivity index (χ0v) is 17.6. The Kier molecular flexibility index (Phi) is 5.97. The average molecular weight is 459 g/mol. The molecule has 0 aliphatic rings. The van der Waals surface area contributed by atoms with Crippen molar-refractivity contribution in [2.24, 2.45) is 0 Å². The minimum Gasteiger partial charge on any atom is -0.496 e. The van der Waals surface area contributed by atoms with Crippen LogP contribution in [-0.4, -0.2) is 39.1 Å². The fraction of sp³-hybridized carbons (Fsp3) is 0.200. The lowest BCUT2D eigenvalue weighted by Gasteiger charge is -2.15. The Balaban J connectivity index is 1.88. The third-order valence-corrected chi connectivity index (χ3v) is 5.01. The van der Waals surface area contributed by atoms with Gasteiger partial charge in [0, 0.05) is 0 Å². The van der Waals surface area contributed by atoms with Crippen LogP contribution >= 0.6 is 15.9 Å². The van der Waals surface area contributed by atoms with Crippen LogP contribution in [0.3, 0.4) is 0 Å². The minimum atomic E-state index is -1.26. The predicted molar refractivity (Wildman–Crippen MR) is 109 cm³/mol. The quantitative estimate of drug-likeness (QED) is 0.587. The minimum absolute atomic E-state index is 0.0605. The van der Waals surface area contributed by atoms with E-state index in [-0.39, 0.29) is 5.69 Å². The fourth-order valence-corrected chi connectivity index (χ4v) is 3.45. The summed E-state index contributed by atoms with van der Waals surface area (Å²) >= 11 is 3.33. The summed E-state index contributed by atoms with van der Waals surface area (Å²) in [6.07, 6.45) is 0. The van der Waals surface area contributed by atoms with Crippen LogP contribution in [0.15, 0.2) is 46.9 Å². The van der Waals surface area contributed by atoms with Crippen molar-refractivity contribution in [3.63, 3.8) is 0 Å². The van der Waals surface area contributed by atoms with Gasteiger partial charge in [0.2, 0.25) is 0 Å². The standard InChI is InChI=1S/C20H19BrN4O4/c1-11-5-4-6-14(9-11)25-12(2)17(23-24-25)19(26)22-18(20(27)28)13-7-8-16(29-3)15(21)10-13/h4-10,18H,1-3H3,(H,22,26)(H,27,28). The van der Waals surface area contributed by atoms with E-state index in [0.29, 0.717) is 21.5 Å². The fourth-order valence-electron chi connectivity index (χ4n) is 2.89. The topological polar surface area (TPSA) is 106 Å². The maximum atomic E-state index is 12.7. The first-order valence-corrected chi connectivity index (χ1v) is 9.47. The molecule has 1 unspecified atom stereocenters. The number of nitrogens with zero attached hydrogens (tertiary/aromatic N) is 3. The van der Waals surface area contributed by atoms with E-state index in [1.807, 2.05) is 31.2 Å². The number of halogens is 1. The van der Waals surface area contributed by atoms with Gasteiger partial charge in [-0.25, -0.2) is 9.48 Å². The number of carboxylic acid groups (broad SMARTS) is 1. The van der Waals surface area contributed by atoms with Crippen LogP contribution < -0.4 is 10.1 Å². The van der Waals surface area contributed by atoms with Gasteiger partial charge in [0.05, 0.1) is 23.0 Å². The molecule has 2 N–H and O–H groups in total. The van der Waals surface area contributed by atoms with E-state index >= 15 is 0 Å². The first-order valence-electron chi connectivity index (χ1n) is 8.68. The summed E-state index contributed by atoms with van der Waals surface area (Å²) in [6, 6.07) is 11.1. The number of carbonyl (C=O) groups excluding carboxylic acids is 1. The summed E-state index contributed by atoms with van der Waals surface area (Å²) in [4.78, 5) is 24.5. The molecule has 0 aliphatic heterocycles. The molecular formula is C20H19BrN4O4. The Morgan fingerprint density at radius 1 is 1.21 bits per heavy atom. The molecule has 8 nitrogen and oxygen atoms in total. The maximum Gasteiger partial charge on any atom is 0.330 e. The number of aliphatic carboxylic acids is 1. The summed E-state index contributed by atoms with van der Waals surface area (Å²) in [6.45, 7) is 3.66. The Labute approximate surface area is 175 Å². The highest BCUT2D eigenvalue weighted by molar-refractivity contribution is 9.10. The first kappa shape index (κ1) is 20.5. The number of amides is 1. The summed E-state index contributed by atoms with van der Waals surface area (Å²) in [7, 11) is 1.51. The van der Waals surface area contributed by atoms with E-state index in [1.54, 1.807) is 29.8 Å². The van der Waals surface area contributed by atoms with Crippen molar-refractivity contribution in [1.82, 2.24) is 20.3 Å². The van der Waals surface area contributed by atoms with Crippen molar-refractivity contribution in [3.05, 3.63) is 69.5 Å². The molecule has 0 bridgehead atoms. The van der Waals surface area contributed by atoms with Gasteiger partial charge >= 0.3 is 5.97 Å². The van der Waals surface area contributed by atoms with Crippen LogP contribution in [0.5, 0.6) is 5.75 Å². The lowest BCUT2D eigenvalue weighted by Crippen LogP contribution is -2.34. The van der Waals surface area contributed by atoms with Gasteiger partial charge in [-0.15, -0.1) is 5.10 Å². The molecule has 150 valence electrons. The van der Waals surface area contributed by atoms with Gasteiger partial charge in [-0.05, 0) is 65.2 Å². The largest absolute Gasteiger partial charge is 0.496 e. The molecule has 0 saturated carbocycles. The Morgan fingerprint density at radius 3 is 2.59 bits per heavy atom. The molecule has 1 atom stereocenters. The van der Waals surface area contributed by atoms with E-state index in [2.05, 4.69) is 31.6 Å². The molecule has 0 aliphatic carbocycles. The van der Waals surface area contributed by atoms with Gasteiger partial charge in [0.1, 0.15) is 5.75 Å². The number of aromatic nitrogens is 3. The van der Waals surface area contributed by atoms with Gasteiger partial charge in [-0.1, -0.05) is 23.4 Å². The molecule has 0 fully saturated rings. The van der Waals surface area contributed by atoms with E-state index in [9.17, 15) is 14.7 Å². The van der Waals surface area contributed by atoms with Crippen LogP contribution in [0.2, 0.25) is 0 Å². The van der Waals surface area contributed by atoms with Gasteiger partial charge < -0.3 is 15.2 Å². The summed E-state index contributed by atoms with van der Waals surface area (Å²) in [5, 5.41) is 20.1. The highest BCUT2D eigenvalue weighted by Gasteiger charge is 2.26. The number of benzene rings is 2. The summed E-state index contributed by atoms with van der Waals surface area (Å²) < 4.78 is 7.28.